The summed E-state index contributed by atoms with van der Waals surface area (Å²) in [5.74, 6) is -0.296. The van der Waals surface area contributed by atoms with Crippen LogP contribution in [0.15, 0.2) is 78.4 Å². The SMILES string of the molecule is COc1ccc(C(=O)/C(Cc2ccccc2)=C(/C(=O)[O-])c2ccc3c(c2)OCO3)cc1.[Na+]. The number of carboxylic acid groups (broad SMARTS) is 1. The van der Waals surface area contributed by atoms with Crippen molar-refractivity contribution in [2.45, 2.75) is 6.42 Å². The monoisotopic (exact) mass is 438 g/mol. The van der Waals surface area contributed by atoms with Crippen molar-refractivity contribution in [2.75, 3.05) is 13.9 Å². The van der Waals surface area contributed by atoms with Crippen molar-refractivity contribution in [1.29, 1.82) is 0 Å². The fourth-order valence-electron chi connectivity index (χ4n) is 3.47. The van der Waals surface area contributed by atoms with Crippen LogP contribution in [0.25, 0.3) is 5.57 Å². The second kappa shape index (κ2) is 10.5. The van der Waals surface area contributed by atoms with E-state index in [-0.39, 0.29) is 53.9 Å². The minimum absolute atomic E-state index is 0. The van der Waals surface area contributed by atoms with Gasteiger partial charge in [0.2, 0.25) is 6.79 Å². The predicted octanol–water partition coefficient (Wildman–Crippen LogP) is 0.0570. The van der Waals surface area contributed by atoms with E-state index in [4.69, 9.17) is 14.2 Å². The molecule has 0 aliphatic carbocycles. The molecule has 3 aromatic rings. The normalized spacial score (nSPS) is 12.4. The number of carbonyl (C=O) groups is 2. The first-order valence-corrected chi connectivity index (χ1v) is 9.64. The van der Waals surface area contributed by atoms with Crippen LogP contribution in [0.3, 0.4) is 0 Å². The van der Waals surface area contributed by atoms with E-state index in [0.717, 1.165) is 5.56 Å². The Morgan fingerprint density at radius 3 is 2.22 bits per heavy atom. The topological polar surface area (TPSA) is 84.9 Å². The Labute approximate surface area is 207 Å². The van der Waals surface area contributed by atoms with Gasteiger partial charge in [0.05, 0.1) is 13.1 Å². The van der Waals surface area contributed by atoms with Crippen LogP contribution in [0.5, 0.6) is 17.2 Å². The summed E-state index contributed by atoms with van der Waals surface area (Å²) in [7, 11) is 1.53. The molecule has 156 valence electrons. The van der Waals surface area contributed by atoms with Gasteiger partial charge in [-0.05, 0) is 47.5 Å². The third-order valence-electron chi connectivity index (χ3n) is 5.02. The first-order valence-electron chi connectivity index (χ1n) is 9.64. The molecule has 0 unspecified atom stereocenters. The van der Waals surface area contributed by atoms with Crippen LogP contribution in [0, 0.1) is 0 Å². The van der Waals surface area contributed by atoms with E-state index in [1.165, 1.54) is 7.11 Å². The molecule has 4 rings (SSSR count). The predicted molar refractivity (Wildman–Crippen MR) is 112 cm³/mol. The summed E-state index contributed by atoms with van der Waals surface area (Å²) in [4.78, 5) is 25.7. The van der Waals surface area contributed by atoms with Gasteiger partial charge in [0.1, 0.15) is 5.75 Å². The second-order valence-electron chi connectivity index (χ2n) is 6.93. The fraction of sp³-hybridized carbons (Fsp3) is 0.120. The van der Waals surface area contributed by atoms with E-state index in [2.05, 4.69) is 0 Å². The van der Waals surface area contributed by atoms with E-state index in [9.17, 15) is 14.7 Å². The molecular formula is C25H19NaO6. The number of ketones is 1. The molecule has 0 atom stereocenters. The summed E-state index contributed by atoms with van der Waals surface area (Å²) in [5, 5.41) is 12.3. The molecule has 0 radical (unpaired) electrons. The van der Waals surface area contributed by atoms with E-state index in [0.29, 0.717) is 28.4 Å². The number of fused-ring (bicyclic) bond motifs is 1. The van der Waals surface area contributed by atoms with Crippen molar-refractivity contribution in [3.05, 3.63) is 95.1 Å². The van der Waals surface area contributed by atoms with Crippen molar-refractivity contribution in [3.8, 4) is 17.2 Å². The molecule has 3 aromatic carbocycles. The summed E-state index contributed by atoms with van der Waals surface area (Å²) in [6, 6.07) is 20.5. The molecule has 0 bridgehead atoms. The average molecular weight is 438 g/mol. The van der Waals surface area contributed by atoms with Crippen LogP contribution in [0.2, 0.25) is 0 Å². The number of Topliss-reactive ketones (excluding diaryl/α,β-unsaturated/α-hetero) is 1. The molecule has 0 saturated heterocycles. The molecule has 1 aliphatic rings. The Bertz CT molecular complexity index is 1150. The molecule has 6 nitrogen and oxygen atoms in total. The average Bonchev–Trinajstić information content (AvgIpc) is 3.27. The van der Waals surface area contributed by atoms with Gasteiger partial charge in [0.15, 0.2) is 17.3 Å². The Balaban J connectivity index is 0.00000289. The van der Waals surface area contributed by atoms with Crippen LogP contribution in [-0.4, -0.2) is 25.7 Å². The first-order chi connectivity index (χ1) is 15.1. The maximum Gasteiger partial charge on any atom is 1.00 e. The molecule has 0 fully saturated rings. The number of hydrogen-bond donors (Lipinski definition) is 0. The smallest absolute Gasteiger partial charge is 0.545 e. The van der Waals surface area contributed by atoms with Crippen LogP contribution in [0.4, 0.5) is 0 Å². The molecule has 0 amide bonds. The van der Waals surface area contributed by atoms with Gasteiger partial charge in [-0.25, -0.2) is 0 Å². The number of benzene rings is 3. The number of ether oxygens (including phenoxy) is 3. The zero-order valence-electron chi connectivity index (χ0n) is 17.8. The number of carbonyl (C=O) groups excluding carboxylic acids is 2. The molecule has 1 heterocycles. The molecule has 1 aliphatic heterocycles. The Kier molecular flexibility index (Phi) is 7.75. The van der Waals surface area contributed by atoms with E-state index in [1.54, 1.807) is 42.5 Å². The minimum Gasteiger partial charge on any atom is -0.545 e. The molecule has 0 aromatic heterocycles. The van der Waals surface area contributed by atoms with Crippen molar-refractivity contribution < 1.29 is 58.5 Å². The molecule has 7 heteroatoms. The van der Waals surface area contributed by atoms with Crippen LogP contribution in [-0.2, 0) is 11.2 Å². The van der Waals surface area contributed by atoms with Crippen molar-refractivity contribution >= 4 is 17.3 Å². The number of allylic oxidation sites excluding steroid dienone is 1. The Hall–Kier alpha value is -3.06. The van der Waals surface area contributed by atoms with Crippen molar-refractivity contribution in [3.63, 3.8) is 0 Å². The van der Waals surface area contributed by atoms with Crippen LogP contribution < -0.4 is 48.9 Å². The van der Waals surface area contributed by atoms with Crippen LogP contribution in [0.1, 0.15) is 21.5 Å². The van der Waals surface area contributed by atoms with Gasteiger partial charge in [0, 0.05) is 23.1 Å². The van der Waals surface area contributed by atoms with Crippen molar-refractivity contribution in [2.24, 2.45) is 0 Å². The second-order valence-corrected chi connectivity index (χ2v) is 6.93. The van der Waals surface area contributed by atoms with Gasteiger partial charge >= 0.3 is 29.6 Å². The molecule has 0 saturated carbocycles. The molecule has 0 N–H and O–H groups in total. The molecule has 0 spiro atoms. The van der Waals surface area contributed by atoms with Gasteiger partial charge in [-0.1, -0.05) is 36.4 Å². The zero-order chi connectivity index (χ0) is 21.8. The zero-order valence-corrected chi connectivity index (χ0v) is 19.8. The minimum atomic E-state index is -1.44. The summed E-state index contributed by atoms with van der Waals surface area (Å²) >= 11 is 0. The van der Waals surface area contributed by atoms with Gasteiger partial charge in [-0.15, -0.1) is 0 Å². The standard InChI is InChI=1S/C25H20O6.Na/c1-29-19-10-7-17(8-11-19)24(26)20(13-16-5-3-2-4-6-16)23(25(27)28)18-9-12-21-22(14-18)31-15-30-21;/h2-12,14H,13,15H2,1H3,(H,27,28);/q;+1/p-1/b23-20+;. The van der Waals surface area contributed by atoms with E-state index >= 15 is 0 Å². The van der Waals surface area contributed by atoms with Gasteiger partial charge in [-0.2, -0.15) is 0 Å². The van der Waals surface area contributed by atoms with Crippen LogP contribution >= 0.6 is 0 Å². The number of carboxylic acids is 1. The van der Waals surface area contributed by atoms with Crippen molar-refractivity contribution in [1.82, 2.24) is 0 Å². The quantitative estimate of drug-likeness (QED) is 0.295. The van der Waals surface area contributed by atoms with Gasteiger partial charge < -0.3 is 24.1 Å². The summed E-state index contributed by atoms with van der Waals surface area (Å²) < 4.78 is 15.8. The summed E-state index contributed by atoms with van der Waals surface area (Å²) in [6.07, 6.45) is 0.128. The molecule has 32 heavy (non-hydrogen) atoms. The largest absolute Gasteiger partial charge is 1.00 e. The van der Waals surface area contributed by atoms with Gasteiger partial charge in [0.25, 0.3) is 0 Å². The number of rotatable bonds is 7. The fourth-order valence-corrected chi connectivity index (χ4v) is 3.47. The third kappa shape index (κ3) is 5.05. The maximum atomic E-state index is 13.5. The number of methoxy groups -OCH3 is 1. The van der Waals surface area contributed by atoms with E-state index in [1.807, 2.05) is 30.3 Å². The third-order valence-corrected chi connectivity index (χ3v) is 5.02. The maximum absolute atomic E-state index is 13.5. The number of aliphatic carboxylic acids is 1. The van der Waals surface area contributed by atoms with E-state index < -0.39 is 11.8 Å². The Morgan fingerprint density at radius 1 is 0.906 bits per heavy atom. The summed E-state index contributed by atoms with van der Waals surface area (Å²) in [6.45, 7) is 0.0603. The Morgan fingerprint density at radius 2 is 1.56 bits per heavy atom. The van der Waals surface area contributed by atoms with Gasteiger partial charge in [-0.3, -0.25) is 4.79 Å². The first kappa shape index (κ1) is 23.6. The molecular weight excluding hydrogens is 419 g/mol. The number of hydrogen-bond acceptors (Lipinski definition) is 6. The summed E-state index contributed by atoms with van der Waals surface area (Å²) in [5.41, 5.74) is 1.42.